The number of carboxylic acid groups (broad SMARTS) is 1. The van der Waals surface area contributed by atoms with Gasteiger partial charge in [0.05, 0.1) is 12.0 Å². The van der Waals surface area contributed by atoms with Crippen LogP contribution >= 0.6 is 11.3 Å². The average Bonchev–Trinajstić information content (AvgIpc) is 3.43. The molecule has 2 aromatic carbocycles. The number of nitrogens with one attached hydrogen (secondary N) is 2. The third-order valence-electron chi connectivity index (χ3n) is 6.86. The van der Waals surface area contributed by atoms with Gasteiger partial charge in [-0.05, 0) is 35.1 Å². The van der Waals surface area contributed by atoms with Crippen LogP contribution in [0.1, 0.15) is 51.8 Å². The van der Waals surface area contributed by atoms with Crippen LogP contribution in [-0.2, 0) is 16.1 Å². The quantitative estimate of drug-likeness (QED) is 0.435. The van der Waals surface area contributed by atoms with E-state index in [0.29, 0.717) is 17.8 Å². The second-order valence-electron chi connectivity index (χ2n) is 8.93. The Morgan fingerprint density at radius 2 is 1.69 bits per heavy atom. The van der Waals surface area contributed by atoms with Crippen LogP contribution in [0.4, 0.5) is 4.79 Å². The van der Waals surface area contributed by atoms with Crippen molar-refractivity contribution in [3.63, 3.8) is 0 Å². The van der Waals surface area contributed by atoms with Crippen LogP contribution in [0.3, 0.4) is 0 Å². The van der Waals surface area contributed by atoms with Crippen molar-refractivity contribution in [3.05, 3.63) is 75.7 Å². The van der Waals surface area contributed by atoms with Crippen LogP contribution in [0.5, 0.6) is 0 Å². The molecule has 0 spiro atoms. The highest BCUT2D eigenvalue weighted by Crippen LogP contribution is 2.44. The molecule has 1 fully saturated rings. The summed E-state index contributed by atoms with van der Waals surface area (Å²) in [6.45, 7) is 0.441. The molecule has 8 nitrogen and oxygen atoms in total. The number of fused-ring (bicyclic) bond motifs is 3. The monoisotopic (exact) mass is 491 g/mol. The highest BCUT2D eigenvalue weighted by atomic mass is 32.1. The van der Waals surface area contributed by atoms with E-state index in [9.17, 15) is 19.5 Å². The highest BCUT2D eigenvalue weighted by molar-refractivity contribution is 7.09. The van der Waals surface area contributed by atoms with E-state index in [1.165, 1.54) is 11.3 Å². The molecule has 1 aromatic heterocycles. The molecule has 1 saturated carbocycles. The molecule has 2 amide bonds. The summed E-state index contributed by atoms with van der Waals surface area (Å²) in [6.07, 6.45) is 1.43. The number of hydrogen-bond acceptors (Lipinski definition) is 6. The molecule has 0 radical (unpaired) electrons. The Morgan fingerprint density at radius 1 is 1.03 bits per heavy atom. The zero-order chi connectivity index (χ0) is 24.4. The number of amides is 2. The first kappa shape index (κ1) is 23.0. The Hall–Kier alpha value is -3.72. The van der Waals surface area contributed by atoms with Crippen molar-refractivity contribution in [2.45, 2.75) is 31.7 Å². The van der Waals surface area contributed by atoms with Crippen LogP contribution in [-0.4, -0.2) is 41.2 Å². The maximum atomic E-state index is 12.4. The van der Waals surface area contributed by atoms with Gasteiger partial charge in [0.25, 0.3) is 5.91 Å². The molecule has 0 saturated heterocycles. The summed E-state index contributed by atoms with van der Waals surface area (Å²) in [5.74, 6) is -1.32. The molecule has 2 aliphatic rings. The van der Waals surface area contributed by atoms with Crippen molar-refractivity contribution in [1.29, 1.82) is 0 Å². The van der Waals surface area contributed by atoms with Gasteiger partial charge < -0.3 is 20.5 Å². The van der Waals surface area contributed by atoms with Crippen LogP contribution < -0.4 is 10.6 Å². The van der Waals surface area contributed by atoms with Crippen molar-refractivity contribution in [2.24, 2.45) is 5.41 Å². The molecule has 1 heterocycles. The van der Waals surface area contributed by atoms with Gasteiger partial charge in [0.2, 0.25) is 0 Å². The normalized spacial score (nSPS) is 15.4. The molecule has 5 rings (SSSR count). The lowest BCUT2D eigenvalue weighted by Crippen LogP contribution is -2.47. The molecular weight excluding hydrogens is 466 g/mol. The summed E-state index contributed by atoms with van der Waals surface area (Å²) in [6, 6.07) is 16.3. The number of benzene rings is 2. The van der Waals surface area contributed by atoms with Gasteiger partial charge in [-0.2, -0.15) is 0 Å². The fraction of sp³-hybridized carbons (Fsp3) is 0.308. The first-order valence-corrected chi connectivity index (χ1v) is 12.4. The van der Waals surface area contributed by atoms with Crippen molar-refractivity contribution < 1.29 is 24.2 Å². The van der Waals surface area contributed by atoms with Crippen LogP contribution in [0.25, 0.3) is 11.1 Å². The summed E-state index contributed by atoms with van der Waals surface area (Å²) in [5, 5.41) is 16.9. The Morgan fingerprint density at radius 3 is 2.29 bits per heavy atom. The van der Waals surface area contributed by atoms with E-state index in [4.69, 9.17) is 4.74 Å². The minimum atomic E-state index is -0.879. The number of thiazole rings is 1. The number of carbonyl (C=O) groups is 3. The number of hydrogen-bond donors (Lipinski definition) is 3. The van der Waals surface area contributed by atoms with Crippen LogP contribution in [0.2, 0.25) is 0 Å². The Labute approximate surface area is 206 Å². The average molecular weight is 492 g/mol. The molecule has 180 valence electrons. The molecule has 9 heteroatoms. The Bertz CT molecular complexity index is 1240. The minimum absolute atomic E-state index is 0.0203. The van der Waals surface area contributed by atoms with Crippen LogP contribution in [0.15, 0.2) is 53.9 Å². The predicted molar refractivity (Wildman–Crippen MR) is 130 cm³/mol. The van der Waals surface area contributed by atoms with E-state index in [-0.39, 0.29) is 31.3 Å². The van der Waals surface area contributed by atoms with Crippen molar-refractivity contribution >= 4 is 29.3 Å². The van der Waals surface area contributed by atoms with Crippen molar-refractivity contribution in [3.8, 4) is 11.1 Å². The van der Waals surface area contributed by atoms with Gasteiger partial charge >= 0.3 is 12.1 Å². The van der Waals surface area contributed by atoms with E-state index < -0.39 is 23.4 Å². The van der Waals surface area contributed by atoms with E-state index in [1.807, 2.05) is 24.3 Å². The van der Waals surface area contributed by atoms with Gasteiger partial charge in [-0.3, -0.25) is 9.59 Å². The lowest BCUT2D eigenvalue weighted by Gasteiger charge is -2.37. The zero-order valence-corrected chi connectivity index (χ0v) is 19.8. The smallest absolute Gasteiger partial charge is 0.407 e. The van der Waals surface area contributed by atoms with E-state index in [0.717, 1.165) is 28.7 Å². The lowest BCUT2D eigenvalue weighted by molar-refractivity contribution is -0.153. The molecule has 35 heavy (non-hydrogen) atoms. The fourth-order valence-electron chi connectivity index (χ4n) is 4.70. The summed E-state index contributed by atoms with van der Waals surface area (Å²) < 4.78 is 5.52. The third kappa shape index (κ3) is 4.51. The summed E-state index contributed by atoms with van der Waals surface area (Å²) in [4.78, 5) is 40.5. The Balaban J connectivity index is 1.12. The minimum Gasteiger partial charge on any atom is -0.481 e. The number of aromatic nitrogens is 1. The van der Waals surface area contributed by atoms with Gasteiger partial charge in [0.1, 0.15) is 17.3 Å². The Kier molecular flexibility index (Phi) is 6.25. The topological polar surface area (TPSA) is 118 Å². The van der Waals surface area contributed by atoms with E-state index >= 15 is 0 Å². The number of carbonyl (C=O) groups excluding carboxylic acids is 2. The highest BCUT2D eigenvalue weighted by Gasteiger charge is 2.44. The second kappa shape index (κ2) is 9.50. The van der Waals surface area contributed by atoms with E-state index in [1.54, 1.807) is 5.38 Å². The lowest BCUT2D eigenvalue weighted by atomic mass is 9.69. The maximum Gasteiger partial charge on any atom is 0.407 e. The van der Waals surface area contributed by atoms with Crippen molar-refractivity contribution in [1.82, 2.24) is 15.6 Å². The number of carboxylic acids is 1. The first-order valence-electron chi connectivity index (χ1n) is 11.5. The van der Waals surface area contributed by atoms with Gasteiger partial charge in [-0.15, -0.1) is 11.3 Å². The fourth-order valence-corrected chi connectivity index (χ4v) is 5.42. The standard InChI is InChI=1S/C26H25N3O5S/c30-23(28-15-26(24(31)32)10-5-11-26)21-14-35-22(29-21)12-27-25(33)34-13-20-18-8-3-1-6-16(18)17-7-2-4-9-19(17)20/h1-4,6-9,14,20H,5,10-13,15H2,(H,27,33)(H,28,30)(H,31,32). The zero-order valence-electron chi connectivity index (χ0n) is 19.0. The molecule has 3 aromatic rings. The largest absolute Gasteiger partial charge is 0.481 e. The number of nitrogens with zero attached hydrogens (tertiary/aromatic N) is 1. The molecule has 0 aliphatic heterocycles. The van der Waals surface area contributed by atoms with Gasteiger partial charge in [0, 0.05) is 17.8 Å². The molecular formula is C26H25N3O5S. The third-order valence-corrected chi connectivity index (χ3v) is 7.71. The van der Waals surface area contributed by atoms with Crippen molar-refractivity contribution in [2.75, 3.05) is 13.2 Å². The first-order chi connectivity index (χ1) is 17.0. The maximum absolute atomic E-state index is 12.4. The molecule has 3 N–H and O–H groups in total. The molecule has 0 atom stereocenters. The van der Waals surface area contributed by atoms with Gasteiger partial charge in [-0.25, -0.2) is 9.78 Å². The molecule has 2 aliphatic carbocycles. The van der Waals surface area contributed by atoms with Gasteiger partial charge in [-0.1, -0.05) is 55.0 Å². The number of aliphatic carboxylic acids is 1. The molecule has 0 bridgehead atoms. The van der Waals surface area contributed by atoms with Crippen LogP contribution in [0, 0.1) is 5.41 Å². The van der Waals surface area contributed by atoms with Gasteiger partial charge in [0.15, 0.2) is 0 Å². The second-order valence-corrected chi connectivity index (χ2v) is 9.87. The summed E-state index contributed by atoms with van der Waals surface area (Å²) in [7, 11) is 0. The summed E-state index contributed by atoms with van der Waals surface area (Å²) >= 11 is 1.25. The summed E-state index contributed by atoms with van der Waals surface area (Å²) in [5.41, 5.74) is 3.96. The number of rotatable bonds is 8. The molecule has 0 unspecified atom stereocenters. The number of ether oxygens (including phenoxy) is 1. The predicted octanol–water partition coefficient (Wildman–Crippen LogP) is 4.17. The number of alkyl carbamates (subject to hydrolysis) is 1. The van der Waals surface area contributed by atoms with E-state index in [2.05, 4.69) is 39.9 Å². The SMILES string of the molecule is O=C(NCc1nc(C(=O)NCC2(C(=O)O)CCC2)cs1)OCC1c2ccccc2-c2ccccc21.